The molecule has 0 saturated carbocycles. The van der Waals surface area contributed by atoms with Crippen LogP contribution in [0.1, 0.15) is 12.7 Å². The molecule has 0 unspecified atom stereocenters. The fourth-order valence-corrected chi connectivity index (χ4v) is 2.72. The zero-order valence-corrected chi connectivity index (χ0v) is 16.3. The van der Waals surface area contributed by atoms with Crippen LogP contribution in [0.15, 0.2) is 59.7 Å². The van der Waals surface area contributed by atoms with E-state index in [9.17, 15) is 0 Å². The Balaban J connectivity index is 1.72. The largest absolute Gasteiger partial charge is 0.493 e. The molecule has 7 nitrogen and oxygen atoms in total. The standard InChI is InChI=1S/C21H25N5O2/c1-4-22-21(25-16-10-11-18(27-2)19(12-16)28-3)24-14-20-23-13-17(26-20)15-8-6-5-7-9-15/h5-13H,4,14H2,1-3H3,(H,23,26)(H2,22,24,25). The molecule has 0 aliphatic rings. The number of aromatic nitrogens is 2. The molecule has 0 spiro atoms. The van der Waals surface area contributed by atoms with E-state index >= 15 is 0 Å². The fourth-order valence-electron chi connectivity index (χ4n) is 2.72. The molecule has 7 heteroatoms. The Hall–Kier alpha value is -3.48. The van der Waals surface area contributed by atoms with E-state index in [1.54, 1.807) is 14.2 Å². The van der Waals surface area contributed by atoms with Gasteiger partial charge in [-0.3, -0.25) is 0 Å². The van der Waals surface area contributed by atoms with E-state index in [1.165, 1.54) is 0 Å². The Morgan fingerprint density at radius 2 is 1.86 bits per heavy atom. The molecule has 0 aliphatic heterocycles. The number of guanidine groups is 1. The molecule has 0 atom stereocenters. The number of hydrogen-bond donors (Lipinski definition) is 3. The maximum atomic E-state index is 5.35. The normalized spacial score (nSPS) is 11.2. The van der Waals surface area contributed by atoms with Gasteiger partial charge in [0.2, 0.25) is 0 Å². The van der Waals surface area contributed by atoms with Crippen molar-refractivity contribution in [2.45, 2.75) is 13.5 Å². The number of aliphatic imine (C=N–C) groups is 1. The minimum absolute atomic E-state index is 0.426. The monoisotopic (exact) mass is 379 g/mol. The average molecular weight is 379 g/mol. The highest BCUT2D eigenvalue weighted by Gasteiger charge is 2.07. The van der Waals surface area contributed by atoms with E-state index in [0.717, 1.165) is 29.3 Å². The van der Waals surface area contributed by atoms with Gasteiger partial charge in [0.1, 0.15) is 12.4 Å². The lowest BCUT2D eigenvalue weighted by atomic mass is 10.2. The van der Waals surface area contributed by atoms with Gasteiger partial charge in [-0.05, 0) is 24.6 Å². The van der Waals surface area contributed by atoms with E-state index < -0.39 is 0 Å². The van der Waals surface area contributed by atoms with Crippen LogP contribution in [0.2, 0.25) is 0 Å². The maximum absolute atomic E-state index is 5.35. The molecule has 0 radical (unpaired) electrons. The lowest BCUT2D eigenvalue weighted by molar-refractivity contribution is 0.355. The molecule has 0 bridgehead atoms. The average Bonchev–Trinajstić information content (AvgIpc) is 3.22. The van der Waals surface area contributed by atoms with Crippen molar-refractivity contribution in [2.75, 3.05) is 26.1 Å². The maximum Gasteiger partial charge on any atom is 0.196 e. The molecule has 2 aromatic carbocycles. The summed E-state index contributed by atoms with van der Waals surface area (Å²) < 4.78 is 10.6. The van der Waals surface area contributed by atoms with Gasteiger partial charge in [-0.25, -0.2) is 9.98 Å². The first-order chi connectivity index (χ1) is 13.7. The van der Waals surface area contributed by atoms with Crippen molar-refractivity contribution in [3.8, 4) is 22.8 Å². The third kappa shape index (κ3) is 4.82. The number of H-pyrrole nitrogens is 1. The van der Waals surface area contributed by atoms with E-state index in [4.69, 9.17) is 9.47 Å². The Morgan fingerprint density at radius 3 is 2.57 bits per heavy atom. The highest BCUT2D eigenvalue weighted by molar-refractivity contribution is 5.93. The van der Waals surface area contributed by atoms with Gasteiger partial charge in [-0.1, -0.05) is 30.3 Å². The lowest BCUT2D eigenvalue weighted by Crippen LogP contribution is -2.30. The minimum atomic E-state index is 0.426. The van der Waals surface area contributed by atoms with E-state index in [1.807, 2.05) is 61.7 Å². The molecule has 3 N–H and O–H groups in total. The molecule has 3 aromatic rings. The van der Waals surface area contributed by atoms with Crippen LogP contribution in [0.25, 0.3) is 11.3 Å². The first-order valence-corrected chi connectivity index (χ1v) is 9.10. The smallest absolute Gasteiger partial charge is 0.196 e. The second kappa shape index (κ2) is 9.45. The van der Waals surface area contributed by atoms with Crippen molar-refractivity contribution >= 4 is 11.6 Å². The molecule has 28 heavy (non-hydrogen) atoms. The summed E-state index contributed by atoms with van der Waals surface area (Å²) in [4.78, 5) is 12.4. The molecule has 1 aromatic heterocycles. The van der Waals surface area contributed by atoms with Gasteiger partial charge in [0.05, 0.1) is 26.1 Å². The van der Waals surface area contributed by atoms with Gasteiger partial charge in [-0.2, -0.15) is 0 Å². The Labute approximate surface area is 164 Å². The van der Waals surface area contributed by atoms with Crippen molar-refractivity contribution < 1.29 is 9.47 Å². The molecule has 3 rings (SSSR count). The molecule has 0 fully saturated rings. The van der Waals surface area contributed by atoms with Crippen LogP contribution in [-0.2, 0) is 6.54 Å². The number of nitrogens with zero attached hydrogens (tertiary/aromatic N) is 2. The number of ether oxygens (including phenoxy) is 2. The second-order valence-electron chi connectivity index (χ2n) is 6.00. The summed E-state index contributed by atoms with van der Waals surface area (Å²) in [7, 11) is 3.23. The lowest BCUT2D eigenvalue weighted by Gasteiger charge is -2.13. The van der Waals surface area contributed by atoms with Crippen molar-refractivity contribution in [1.82, 2.24) is 15.3 Å². The first kappa shape index (κ1) is 19.3. The van der Waals surface area contributed by atoms with Crippen molar-refractivity contribution in [3.63, 3.8) is 0 Å². The SMILES string of the molecule is CCNC(=NCc1ncc(-c2ccccc2)[nH]1)Nc1ccc(OC)c(OC)c1. The Bertz CT molecular complexity index is 922. The van der Waals surface area contributed by atoms with Gasteiger partial charge < -0.3 is 25.1 Å². The molecule has 146 valence electrons. The number of nitrogens with one attached hydrogen (secondary N) is 3. The molecular formula is C21H25N5O2. The number of hydrogen-bond acceptors (Lipinski definition) is 4. The predicted molar refractivity (Wildman–Crippen MR) is 112 cm³/mol. The van der Waals surface area contributed by atoms with E-state index in [-0.39, 0.29) is 0 Å². The summed E-state index contributed by atoms with van der Waals surface area (Å²) in [6, 6.07) is 15.7. The van der Waals surface area contributed by atoms with Crippen LogP contribution in [-0.4, -0.2) is 36.7 Å². The summed E-state index contributed by atoms with van der Waals surface area (Å²) in [5, 5.41) is 6.51. The highest BCUT2D eigenvalue weighted by atomic mass is 16.5. The topological polar surface area (TPSA) is 83.6 Å². The van der Waals surface area contributed by atoms with Crippen molar-refractivity contribution in [2.24, 2.45) is 4.99 Å². The van der Waals surface area contributed by atoms with E-state index in [0.29, 0.717) is 24.0 Å². The number of rotatable bonds is 7. The number of aromatic amines is 1. The fraction of sp³-hybridized carbons (Fsp3) is 0.238. The summed E-state index contributed by atoms with van der Waals surface area (Å²) in [5.41, 5.74) is 2.92. The number of anilines is 1. The Kier molecular flexibility index (Phi) is 6.51. The summed E-state index contributed by atoms with van der Waals surface area (Å²) in [5.74, 6) is 2.79. The number of imidazole rings is 1. The summed E-state index contributed by atoms with van der Waals surface area (Å²) in [6.07, 6.45) is 1.83. The second-order valence-corrected chi connectivity index (χ2v) is 6.00. The Morgan fingerprint density at radius 1 is 1.07 bits per heavy atom. The van der Waals surface area contributed by atoms with Gasteiger partial charge in [0.25, 0.3) is 0 Å². The molecule has 1 heterocycles. The van der Waals surface area contributed by atoms with Gasteiger partial charge >= 0.3 is 0 Å². The van der Waals surface area contributed by atoms with Crippen LogP contribution in [0.3, 0.4) is 0 Å². The van der Waals surface area contributed by atoms with Gasteiger partial charge in [0.15, 0.2) is 17.5 Å². The van der Waals surface area contributed by atoms with Crippen LogP contribution in [0.4, 0.5) is 5.69 Å². The number of methoxy groups -OCH3 is 2. The third-order valence-corrected chi connectivity index (χ3v) is 4.09. The quantitative estimate of drug-likeness (QED) is 0.431. The van der Waals surface area contributed by atoms with Crippen LogP contribution in [0, 0.1) is 0 Å². The van der Waals surface area contributed by atoms with Crippen LogP contribution in [0.5, 0.6) is 11.5 Å². The molecular weight excluding hydrogens is 354 g/mol. The van der Waals surface area contributed by atoms with Crippen LogP contribution < -0.4 is 20.1 Å². The first-order valence-electron chi connectivity index (χ1n) is 9.10. The highest BCUT2D eigenvalue weighted by Crippen LogP contribution is 2.29. The molecule has 0 aliphatic carbocycles. The summed E-state index contributed by atoms with van der Waals surface area (Å²) in [6.45, 7) is 3.19. The zero-order chi connectivity index (χ0) is 19.8. The van der Waals surface area contributed by atoms with Crippen molar-refractivity contribution in [3.05, 3.63) is 60.6 Å². The third-order valence-electron chi connectivity index (χ3n) is 4.09. The predicted octanol–water partition coefficient (Wildman–Crippen LogP) is 3.67. The van der Waals surface area contributed by atoms with Crippen LogP contribution >= 0.6 is 0 Å². The zero-order valence-electron chi connectivity index (χ0n) is 16.3. The van der Waals surface area contributed by atoms with Gasteiger partial charge in [0, 0.05) is 18.3 Å². The van der Waals surface area contributed by atoms with E-state index in [2.05, 4.69) is 25.6 Å². The molecule has 0 amide bonds. The minimum Gasteiger partial charge on any atom is -0.493 e. The molecule has 0 saturated heterocycles. The number of benzene rings is 2. The van der Waals surface area contributed by atoms with Gasteiger partial charge in [-0.15, -0.1) is 0 Å². The van der Waals surface area contributed by atoms with Crippen molar-refractivity contribution in [1.29, 1.82) is 0 Å². The summed E-state index contributed by atoms with van der Waals surface area (Å²) >= 11 is 0.